The fourth-order valence-electron chi connectivity index (χ4n) is 2.42. The zero-order chi connectivity index (χ0) is 13.2. The average molecular weight is 270 g/mol. The monoisotopic (exact) mass is 270 g/mol. The second-order valence-corrected chi connectivity index (χ2v) is 5.92. The van der Waals surface area contributed by atoms with Gasteiger partial charge in [0.25, 0.3) is 0 Å². The van der Waals surface area contributed by atoms with Crippen LogP contribution in [0.25, 0.3) is 0 Å². The van der Waals surface area contributed by atoms with E-state index in [1.165, 1.54) is 6.42 Å². The number of nitrogens with one attached hydrogen (secondary N) is 2. The zero-order valence-corrected chi connectivity index (χ0v) is 11.7. The lowest BCUT2D eigenvalue weighted by Gasteiger charge is -2.41. The first-order chi connectivity index (χ1) is 8.52. The quantitative estimate of drug-likeness (QED) is 0.656. The van der Waals surface area contributed by atoms with E-state index in [0.29, 0.717) is 11.0 Å². The Kier molecular flexibility index (Phi) is 4.07. The number of hydrogen-bond donors (Lipinski definition) is 3. The average Bonchev–Trinajstić information content (AvgIpc) is 2.27. The molecule has 0 spiro atoms. The lowest BCUT2D eigenvalue weighted by molar-refractivity contribution is 0.188. The highest BCUT2D eigenvalue weighted by molar-refractivity contribution is 7.80. The maximum Gasteiger partial charge on any atom is 0.315 e. The number of likely N-dealkylation sites (tertiary alicyclic amines) is 1. The molecule has 1 saturated carbocycles. The Morgan fingerprint density at radius 1 is 1.39 bits per heavy atom. The molecule has 1 heterocycles. The summed E-state index contributed by atoms with van der Waals surface area (Å²) in [4.78, 5) is 14.6. The molecule has 1 aliphatic carbocycles. The Balaban J connectivity index is 1.92. The van der Waals surface area contributed by atoms with Gasteiger partial charge in [-0.05, 0) is 39.2 Å². The molecule has 0 unspecified atom stereocenters. The molecule has 102 valence electrons. The largest absolute Gasteiger partial charge is 0.391 e. The summed E-state index contributed by atoms with van der Waals surface area (Å²) in [7, 11) is 2.07. The molecule has 1 aliphatic heterocycles. The third-order valence-electron chi connectivity index (χ3n) is 4.11. The molecule has 6 heteroatoms. The van der Waals surface area contributed by atoms with Crippen molar-refractivity contribution in [2.75, 3.05) is 20.1 Å². The minimum absolute atomic E-state index is 0.128. The van der Waals surface area contributed by atoms with Gasteiger partial charge in [0.15, 0.2) is 0 Å². The fraction of sp³-hybridized carbons (Fsp3) is 0.833. The van der Waals surface area contributed by atoms with Crippen LogP contribution in [0.3, 0.4) is 0 Å². The maximum absolute atomic E-state index is 12.0. The van der Waals surface area contributed by atoms with Crippen LogP contribution < -0.4 is 16.4 Å². The highest BCUT2D eigenvalue weighted by Gasteiger charge is 2.38. The van der Waals surface area contributed by atoms with Crippen LogP contribution in [0, 0.1) is 0 Å². The highest BCUT2D eigenvalue weighted by Crippen LogP contribution is 2.23. The summed E-state index contributed by atoms with van der Waals surface area (Å²) in [6, 6.07) is 0.205. The first-order valence-corrected chi connectivity index (χ1v) is 7.00. The third-order valence-corrected chi connectivity index (χ3v) is 4.50. The van der Waals surface area contributed by atoms with Gasteiger partial charge >= 0.3 is 6.03 Å². The van der Waals surface area contributed by atoms with Crippen molar-refractivity contribution < 1.29 is 4.79 Å². The molecule has 5 nitrogen and oxygen atoms in total. The van der Waals surface area contributed by atoms with Crippen LogP contribution in [0.15, 0.2) is 0 Å². The van der Waals surface area contributed by atoms with E-state index < -0.39 is 5.54 Å². The van der Waals surface area contributed by atoms with E-state index in [-0.39, 0.29) is 6.03 Å². The number of nitrogens with two attached hydrogens (primary N) is 1. The number of carbonyl (C=O) groups excluding carboxylic acids is 1. The fourth-order valence-corrected chi connectivity index (χ4v) is 2.68. The Bertz CT molecular complexity index is 335. The van der Waals surface area contributed by atoms with E-state index >= 15 is 0 Å². The second kappa shape index (κ2) is 5.40. The van der Waals surface area contributed by atoms with E-state index in [1.54, 1.807) is 0 Å². The van der Waals surface area contributed by atoms with Crippen LogP contribution in [-0.2, 0) is 0 Å². The second-order valence-electron chi connectivity index (χ2n) is 5.48. The number of thiocarbonyl (C=S) groups is 1. The summed E-state index contributed by atoms with van der Waals surface area (Å²) < 4.78 is 0. The highest BCUT2D eigenvalue weighted by atomic mass is 32.1. The summed E-state index contributed by atoms with van der Waals surface area (Å²) in [5.74, 6) is 0. The summed E-state index contributed by atoms with van der Waals surface area (Å²) >= 11 is 5.16. The number of hydrogen-bond acceptors (Lipinski definition) is 3. The summed E-state index contributed by atoms with van der Waals surface area (Å²) in [6.07, 6.45) is 4.94. The first kappa shape index (κ1) is 13.5. The van der Waals surface area contributed by atoms with Crippen LogP contribution in [0.1, 0.15) is 32.1 Å². The summed E-state index contributed by atoms with van der Waals surface area (Å²) in [5.41, 5.74) is 5.34. The molecule has 2 aliphatic rings. The smallest absolute Gasteiger partial charge is 0.315 e. The number of carbonyl (C=O) groups is 1. The number of nitrogens with zero attached hydrogens (tertiary/aromatic N) is 1. The molecular formula is C12H22N4OS. The molecular weight excluding hydrogens is 248 g/mol. The first-order valence-electron chi connectivity index (χ1n) is 6.59. The van der Waals surface area contributed by atoms with Gasteiger partial charge in [-0.2, -0.15) is 0 Å². The maximum atomic E-state index is 12.0. The van der Waals surface area contributed by atoms with Crippen LogP contribution in [0.5, 0.6) is 0 Å². The molecule has 0 bridgehead atoms. The van der Waals surface area contributed by atoms with Crippen molar-refractivity contribution in [1.29, 1.82) is 0 Å². The molecule has 18 heavy (non-hydrogen) atoms. The zero-order valence-electron chi connectivity index (χ0n) is 10.9. The number of amides is 2. The van der Waals surface area contributed by atoms with Crippen LogP contribution >= 0.6 is 12.2 Å². The van der Waals surface area contributed by atoms with Gasteiger partial charge in [-0.25, -0.2) is 4.79 Å². The summed E-state index contributed by atoms with van der Waals surface area (Å²) in [6.45, 7) is 1.81. The van der Waals surface area contributed by atoms with Crippen molar-refractivity contribution in [2.45, 2.75) is 43.7 Å². The minimum Gasteiger partial charge on any atom is -0.391 e. The van der Waals surface area contributed by atoms with E-state index in [1.807, 2.05) is 0 Å². The molecule has 0 radical (unpaired) electrons. The number of piperidine rings is 1. The normalized spacial score (nSPS) is 24.1. The molecule has 0 atom stereocenters. The van der Waals surface area contributed by atoms with Crippen molar-refractivity contribution in [3.63, 3.8) is 0 Å². The lowest BCUT2D eigenvalue weighted by Crippen LogP contribution is -2.63. The lowest BCUT2D eigenvalue weighted by atomic mass is 9.87. The van der Waals surface area contributed by atoms with Crippen LogP contribution in [0.2, 0.25) is 0 Å². The standard InChI is InChI=1S/C12H22N4OS/c1-16-7-5-12(6-8-16,10(13)18)15-11(17)14-9-3-2-4-9/h9H,2-8H2,1H3,(H2,13,18)(H2,14,15,17). The SMILES string of the molecule is CN1CCC(NC(=O)NC2CCC2)(C(N)=S)CC1. The van der Waals surface area contributed by atoms with Crippen LogP contribution in [-0.4, -0.2) is 47.6 Å². The molecule has 2 amide bonds. The predicted molar refractivity (Wildman–Crippen MR) is 75.6 cm³/mol. The Labute approximate surface area is 113 Å². The minimum atomic E-state index is -0.504. The van der Waals surface area contributed by atoms with Gasteiger partial charge in [0.2, 0.25) is 0 Å². The van der Waals surface area contributed by atoms with Crippen molar-refractivity contribution in [3.05, 3.63) is 0 Å². The molecule has 4 N–H and O–H groups in total. The summed E-state index contributed by atoms with van der Waals surface area (Å²) in [5, 5.41) is 5.98. The molecule has 0 aromatic rings. The Morgan fingerprint density at radius 3 is 2.44 bits per heavy atom. The van der Waals surface area contributed by atoms with Crippen molar-refractivity contribution in [1.82, 2.24) is 15.5 Å². The van der Waals surface area contributed by atoms with Gasteiger partial charge < -0.3 is 21.3 Å². The molecule has 2 fully saturated rings. The van der Waals surface area contributed by atoms with Gasteiger partial charge in [0.1, 0.15) is 0 Å². The third kappa shape index (κ3) is 2.92. The Hall–Kier alpha value is -0.880. The van der Waals surface area contributed by atoms with E-state index in [0.717, 1.165) is 38.8 Å². The van der Waals surface area contributed by atoms with Crippen molar-refractivity contribution >= 4 is 23.2 Å². The van der Waals surface area contributed by atoms with Gasteiger partial charge in [-0.3, -0.25) is 0 Å². The number of rotatable bonds is 3. The number of urea groups is 1. The van der Waals surface area contributed by atoms with Gasteiger partial charge in [-0.1, -0.05) is 12.2 Å². The van der Waals surface area contributed by atoms with Crippen molar-refractivity contribution in [3.8, 4) is 0 Å². The van der Waals surface area contributed by atoms with Gasteiger partial charge in [0, 0.05) is 19.1 Å². The molecule has 2 rings (SSSR count). The van der Waals surface area contributed by atoms with Crippen molar-refractivity contribution in [2.24, 2.45) is 5.73 Å². The molecule has 1 saturated heterocycles. The van der Waals surface area contributed by atoms with E-state index in [2.05, 4.69) is 22.6 Å². The Morgan fingerprint density at radius 2 is 2.00 bits per heavy atom. The predicted octanol–water partition coefficient (Wildman–Crippen LogP) is 0.589. The topological polar surface area (TPSA) is 70.4 Å². The van der Waals surface area contributed by atoms with E-state index in [4.69, 9.17) is 18.0 Å². The molecule has 0 aromatic carbocycles. The molecule has 0 aromatic heterocycles. The van der Waals surface area contributed by atoms with E-state index in [9.17, 15) is 4.79 Å². The van der Waals surface area contributed by atoms with Gasteiger partial charge in [0.05, 0.1) is 10.5 Å². The van der Waals surface area contributed by atoms with Crippen LogP contribution in [0.4, 0.5) is 4.79 Å². The van der Waals surface area contributed by atoms with Gasteiger partial charge in [-0.15, -0.1) is 0 Å².